The van der Waals surface area contributed by atoms with Gasteiger partial charge in [-0.25, -0.2) is 4.79 Å². The number of aryl methyl sites for hydroxylation is 1. The van der Waals surface area contributed by atoms with Crippen molar-refractivity contribution in [1.29, 1.82) is 0 Å². The van der Waals surface area contributed by atoms with Crippen LogP contribution in [-0.4, -0.2) is 20.9 Å². The zero-order chi connectivity index (χ0) is 22.7. The minimum atomic E-state index is -1.02. The van der Waals surface area contributed by atoms with E-state index in [4.69, 9.17) is 9.84 Å². The quantitative estimate of drug-likeness (QED) is 0.446. The van der Waals surface area contributed by atoms with Crippen LogP contribution in [0.5, 0.6) is 11.5 Å². The summed E-state index contributed by atoms with van der Waals surface area (Å²) in [6.45, 7) is 3.93. The summed E-state index contributed by atoms with van der Waals surface area (Å²) < 4.78 is 7.38. The fourth-order valence-electron chi connectivity index (χ4n) is 3.18. The van der Waals surface area contributed by atoms with Gasteiger partial charge in [-0.2, -0.15) is 9.78 Å². The fraction of sp³-hybridized carbons (Fsp3) is 0.0800. The Balaban J connectivity index is 1.80. The maximum Gasteiger partial charge on any atom is 0.335 e. The predicted molar refractivity (Wildman–Crippen MR) is 123 cm³/mol. The molecule has 4 rings (SSSR count). The summed E-state index contributed by atoms with van der Waals surface area (Å²) >= 11 is 0. The molecule has 0 saturated carbocycles. The number of nitrogens with zero attached hydrogens (tertiary/aromatic N) is 2. The maximum atomic E-state index is 13.4. The van der Waals surface area contributed by atoms with Gasteiger partial charge in [0, 0.05) is 5.69 Å². The molecule has 32 heavy (non-hydrogen) atoms. The molecule has 2 N–H and O–H groups in total. The number of ether oxygens (including phenoxy) is 1. The number of anilines is 2. The van der Waals surface area contributed by atoms with Crippen molar-refractivity contribution in [2.45, 2.75) is 13.8 Å². The summed E-state index contributed by atoms with van der Waals surface area (Å²) in [5.41, 5.74) is 3.11. The molecule has 0 fully saturated rings. The molecule has 4 aromatic rings. The van der Waals surface area contributed by atoms with E-state index in [1.807, 2.05) is 50.2 Å². The first kappa shape index (κ1) is 20.9. The van der Waals surface area contributed by atoms with E-state index in [1.54, 1.807) is 24.3 Å². The summed E-state index contributed by atoms with van der Waals surface area (Å²) in [6, 6.07) is 20.9. The zero-order valence-corrected chi connectivity index (χ0v) is 17.6. The Morgan fingerprint density at radius 1 is 0.938 bits per heavy atom. The molecule has 160 valence electrons. The van der Waals surface area contributed by atoms with E-state index in [0.29, 0.717) is 17.1 Å². The van der Waals surface area contributed by atoms with Gasteiger partial charge in [0.05, 0.1) is 17.4 Å². The summed E-state index contributed by atoms with van der Waals surface area (Å²) in [5.74, 6) is -0.142. The molecule has 0 aliphatic heterocycles. The van der Waals surface area contributed by atoms with Crippen LogP contribution in [0, 0.1) is 13.8 Å². The Morgan fingerprint density at radius 2 is 1.66 bits per heavy atom. The largest absolute Gasteiger partial charge is 0.478 e. The Hall–Kier alpha value is -4.39. The molecule has 0 aliphatic carbocycles. The lowest BCUT2D eigenvalue weighted by Gasteiger charge is -2.16. The lowest BCUT2D eigenvalue weighted by atomic mass is 10.1. The minimum absolute atomic E-state index is 0.152. The number of para-hydroxylation sites is 1. The Bertz CT molecular complexity index is 1330. The zero-order valence-electron chi connectivity index (χ0n) is 17.6. The van der Waals surface area contributed by atoms with Gasteiger partial charge in [0.25, 0.3) is 5.56 Å². The number of hydrogen-bond donors (Lipinski definition) is 2. The van der Waals surface area contributed by atoms with Gasteiger partial charge in [0.2, 0.25) is 0 Å². The average Bonchev–Trinajstić information content (AvgIpc) is 2.80. The second-order valence-electron chi connectivity index (χ2n) is 7.24. The van der Waals surface area contributed by atoms with Gasteiger partial charge >= 0.3 is 5.97 Å². The third-order valence-corrected chi connectivity index (χ3v) is 5.12. The molecule has 0 unspecified atom stereocenters. The topological polar surface area (TPSA) is 93.5 Å². The molecule has 0 atom stereocenters. The number of aromatic carboxylic acids is 1. The van der Waals surface area contributed by atoms with Crippen LogP contribution in [0.4, 0.5) is 11.4 Å². The highest BCUT2D eigenvalue weighted by Gasteiger charge is 2.16. The maximum absolute atomic E-state index is 13.4. The van der Waals surface area contributed by atoms with Crippen molar-refractivity contribution in [2.75, 3.05) is 5.32 Å². The third kappa shape index (κ3) is 4.22. The van der Waals surface area contributed by atoms with E-state index < -0.39 is 11.5 Å². The van der Waals surface area contributed by atoms with Crippen molar-refractivity contribution in [3.63, 3.8) is 0 Å². The Labute approximate surface area is 184 Å². The number of aromatic nitrogens is 2. The van der Waals surface area contributed by atoms with Crippen molar-refractivity contribution in [3.05, 3.63) is 106 Å². The van der Waals surface area contributed by atoms with E-state index in [1.165, 1.54) is 23.0 Å². The molecule has 0 bridgehead atoms. The van der Waals surface area contributed by atoms with Gasteiger partial charge in [-0.05, 0) is 67.4 Å². The number of carboxylic acids is 1. The van der Waals surface area contributed by atoms with Crippen LogP contribution in [0.2, 0.25) is 0 Å². The van der Waals surface area contributed by atoms with Crippen LogP contribution in [0.3, 0.4) is 0 Å². The number of hydrogen-bond acceptors (Lipinski definition) is 5. The number of carbonyl (C=O) groups is 1. The van der Waals surface area contributed by atoms with Crippen LogP contribution in [0.1, 0.15) is 21.5 Å². The average molecular weight is 427 g/mol. The van der Waals surface area contributed by atoms with Gasteiger partial charge in [-0.1, -0.05) is 30.3 Å². The molecule has 0 aliphatic rings. The van der Waals surface area contributed by atoms with E-state index in [2.05, 4.69) is 10.4 Å². The van der Waals surface area contributed by atoms with Crippen molar-refractivity contribution in [1.82, 2.24) is 9.78 Å². The second kappa shape index (κ2) is 8.77. The van der Waals surface area contributed by atoms with Crippen LogP contribution < -0.4 is 15.6 Å². The predicted octanol–water partition coefficient (Wildman–Crippen LogP) is 5.08. The summed E-state index contributed by atoms with van der Waals surface area (Å²) in [7, 11) is 0. The molecule has 0 spiro atoms. The van der Waals surface area contributed by atoms with Crippen LogP contribution in [0.25, 0.3) is 5.69 Å². The molecule has 0 saturated heterocycles. The van der Waals surface area contributed by atoms with E-state index in [9.17, 15) is 9.59 Å². The van der Waals surface area contributed by atoms with Gasteiger partial charge in [-0.15, -0.1) is 0 Å². The highest BCUT2D eigenvalue weighted by Crippen LogP contribution is 2.31. The fourth-order valence-corrected chi connectivity index (χ4v) is 3.18. The van der Waals surface area contributed by atoms with Gasteiger partial charge in [0.15, 0.2) is 11.4 Å². The molecule has 7 heteroatoms. The number of nitrogens with one attached hydrogen (secondary N) is 1. The molecule has 3 aromatic carbocycles. The van der Waals surface area contributed by atoms with Gasteiger partial charge < -0.3 is 15.2 Å². The normalized spacial score (nSPS) is 10.6. The monoisotopic (exact) mass is 427 g/mol. The Kier molecular flexibility index (Phi) is 5.72. The first-order chi connectivity index (χ1) is 15.4. The van der Waals surface area contributed by atoms with Crippen LogP contribution in [0.15, 0.2) is 83.8 Å². The smallest absolute Gasteiger partial charge is 0.335 e. The molecule has 7 nitrogen and oxygen atoms in total. The van der Waals surface area contributed by atoms with E-state index >= 15 is 0 Å². The SMILES string of the molecule is Cc1cccc(Oc2cnn(-c3ccccc3)c(=O)c2Nc2ccc(C(=O)O)cc2)c1C. The molecule has 0 radical (unpaired) electrons. The van der Waals surface area contributed by atoms with Crippen LogP contribution in [-0.2, 0) is 0 Å². The summed E-state index contributed by atoms with van der Waals surface area (Å²) in [6.07, 6.45) is 1.49. The number of carboxylic acid groups (broad SMARTS) is 1. The third-order valence-electron chi connectivity index (χ3n) is 5.12. The number of benzene rings is 3. The van der Waals surface area contributed by atoms with Crippen molar-refractivity contribution < 1.29 is 14.6 Å². The minimum Gasteiger partial charge on any atom is -0.478 e. The van der Waals surface area contributed by atoms with Crippen LogP contribution >= 0.6 is 0 Å². The molecular weight excluding hydrogens is 406 g/mol. The van der Waals surface area contributed by atoms with E-state index in [-0.39, 0.29) is 17.0 Å². The lowest BCUT2D eigenvalue weighted by Crippen LogP contribution is -2.24. The first-order valence-corrected chi connectivity index (χ1v) is 9.96. The highest BCUT2D eigenvalue weighted by atomic mass is 16.5. The molecular formula is C25H21N3O4. The van der Waals surface area contributed by atoms with Crippen molar-refractivity contribution in [2.24, 2.45) is 0 Å². The highest BCUT2D eigenvalue weighted by molar-refractivity contribution is 5.88. The standard InChI is InChI=1S/C25H21N3O4/c1-16-7-6-10-21(17(16)2)32-22-15-26-28(20-8-4-3-5-9-20)24(29)23(22)27-19-13-11-18(12-14-19)25(30)31/h3-15,27H,1-2H3,(H,30,31). The van der Waals surface area contributed by atoms with E-state index in [0.717, 1.165) is 11.1 Å². The van der Waals surface area contributed by atoms with Crippen molar-refractivity contribution >= 4 is 17.3 Å². The second-order valence-corrected chi connectivity index (χ2v) is 7.24. The molecule has 1 aromatic heterocycles. The lowest BCUT2D eigenvalue weighted by molar-refractivity contribution is 0.0697. The van der Waals surface area contributed by atoms with Gasteiger partial charge in [-0.3, -0.25) is 4.79 Å². The number of rotatable bonds is 6. The summed E-state index contributed by atoms with van der Waals surface area (Å²) in [5, 5.41) is 16.5. The molecule has 0 amide bonds. The molecule has 1 heterocycles. The summed E-state index contributed by atoms with van der Waals surface area (Å²) in [4.78, 5) is 24.5. The first-order valence-electron chi connectivity index (χ1n) is 9.96. The van der Waals surface area contributed by atoms with Crippen molar-refractivity contribution in [3.8, 4) is 17.2 Å². The Morgan fingerprint density at radius 3 is 2.34 bits per heavy atom. The van der Waals surface area contributed by atoms with Gasteiger partial charge in [0.1, 0.15) is 5.75 Å².